The quantitative estimate of drug-likeness (QED) is 0.616. The fourth-order valence-electron chi connectivity index (χ4n) is 2.66. The summed E-state index contributed by atoms with van der Waals surface area (Å²) in [5, 5.41) is 7.30. The van der Waals surface area contributed by atoms with Crippen LogP contribution in [0.25, 0.3) is 0 Å². The SMILES string of the molecule is COc1ccc2c(c1)[C@H](COCC(=N)N)c1cc(Br)ccc1O2. The molecule has 0 saturated heterocycles. The Balaban J connectivity index is 2.00. The Morgan fingerprint density at radius 2 is 1.91 bits per heavy atom. The minimum absolute atomic E-state index is 0.0115. The summed E-state index contributed by atoms with van der Waals surface area (Å²) in [7, 11) is 1.64. The van der Waals surface area contributed by atoms with Crippen molar-refractivity contribution in [3.05, 3.63) is 52.0 Å². The van der Waals surface area contributed by atoms with Crippen LogP contribution in [-0.2, 0) is 4.74 Å². The summed E-state index contributed by atoms with van der Waals surface area (Å²) >= 11 is 3.50. The van der Waals surface area contributed by atoms with E-state index in [4.69, 9.17) is 25.4 Å². The number of halogens is 1. The zero-order valence-corrected chi connectivity index (χ0v) is 14.2. The van der Waals surface area contributed by atoms with E-state index in [0.717, 1.165) is 32.8 Å². The Hall–Kier alpha value is -2.05. The molecular weight excluding hydrogens is 360 g/mol. The van der Waals surface area contributed by atoms with E-state index in [1.807, 2.05) is 36.4 Å². The van der Waals surface area contributed by atoms with Gasteiger partial charge in [-0.05, 0) is 36.4 Å². The van der Waals surface area contributed by atoms with Crippen molar-refractivity contribution in [3.63, 3.8) is 0 Å². The van der Waals surface area contributed by atoms with Crippen LogP contribution >= 0.6 is 15.9 Å². The zero-order chi connectivity index (χ0) is 16.4. The predicted molar refractivity (Wildman–Crippen MR) is 91.8 cm³/mol. The van der Waals surface area contributed by atoms with Crippen molar-refractivity contribution in [1.29, 1.82) is 5.41 Å². The van der Waals surface area contributed by atoms with Gasteiger partial charge >= 0.3 is 0 Å². The van der Waals surface area contributed by atoms with Gasteiger partial charge in [0.15, 0.2) is 0 Å². The van der Waals surface area contributed by atoms with E-state index in [1.165, 1.54) is 0 Å². The van der Waals surface area contributed by atoms with Gasteiger partial charge in [-0.15, -0.1) is 0 Å². The second kappa shape index (κ2) is 6.60. The van der Waals surface area contributed by atoms with Crippen molar-refractivity contribution in [2.75, 3.05) is 20.3 Å². The van der Waals surface area contributed by atoms with E-state index in [2.05, 4.69) is 15.9 Å². The molecule has 1 atom stereocenters. The lowest BCUT2D eigenvalue weighted by atomic mass is 9.88. The summed E-state index contributed by atoms with van der Waals surface area (Å²) in [6.07, 6.45) is 0. The number of nitrogens with one attached hydrogen (secondary N) is 1. The molecule has 0 fully saturated rings. The standard InChI is InChI=1S/C17H17BrN2O3/c1-21-11-3-5-16-13(7-11)14(8-22-9-17(19)20)12-6-10(18)2-4-15(12)23-16/h2-7,14H,8-9H2,1H3,(H3,19,20)/t14-/m1/s1. The highest BCUT2D eigenvalue weighted by Gasteiger charge is 2.28. The number of amidine groups is 1. The van der Waals surface area contributed by atoms with Crippen LogP contribution in [0.3, 0.4) is 0 Å². The van der Waals surface area contributed by atoms with Gasteiger partial charge in [0.05, 0.1) is 13.7 Å². The summed E-state index contributed by atoms with van der Waals surface area (Å²) in [6, 6.07) is 11.6. The van der Waals surface area contributed by atoms with Gasteiger partial charge in [-0.1, -0.05) is 15.9 Å². The third-order valence-electron chi connectivity index (χ3n) is 3.70. The number of hydrogen-bond acceptors (Lipinski definition) is 4. The van der Waals surface area contributed by atoms with Crippen LogP contribution in [0.4, 0.5) is 0 Å². The second-order valence-electron chi connectivity index (χ2n) is 5.28. The van der Waals surface area contributed by atoms with Crippen LogP contribution in [0.15, 0.2) is 40.9 Å². The van der Waals surface area contributed by atoms with Gasteiger partial charge in [0.25, 0.3) is 0 Å². The fourth-order valence-corrected chi connectivity index (χ4v) is 3.03. The summed E-state index contributed by atoms with van der Waals surface area (Å²) in [5.74, 6) is 2.36. The Bertz CT molecular complexity index is 749. The van der Waals surface area contributed by atoms with Crippen LogP contribution in [0.5, 0.6) is 17.2 Å². The second-order valence-corrected chi connectivity index (χ2v) is 6.20. The van der Waals surface area contributed by atoms with Crippen LogP contribution < -0.4 is 15.2 Å². The van der Waals surface area contributed by atoms with Crippen LogP contribution in [0.1, 0.15) is 17.0 Å². The predicted octanol–water partition coefficient (Wildman–Crippen LogP) is 3.65. The minimum Gasteiger partial charge on any atom is -0.497 e. The molecule has 3 N–H and O–H groups in total. The number of nitrogens with two attached hydrogens (primary N) is 1. The molecule has 2 aromatic rings. The number of hydrogen-bond donors (Lipinski definition) is 2. The first-order valence-corrected chi connectivity index (χ1v) is 7.93. The van der Waals surface area contributed by atoms with Crippen LogP contribution in [0.2, 0.25) is 0 Å². The zero-order valence-electron chi connectivity index (χ0n) is 12.6. The number of rotatable bonds is 5. The molecule has 3 rings (SSSR count). The maximum atomic E-state index is 7.30. The van der Waals surface area contributed by atoms with E-state index < -0.39 is 0 Å². The molecule has 6 heteroatoms. The van der Waals surface area contributed by atoms with Crippen molar-refractivity contribution in [1.82, 2.24) is 0 Å². The average molecular weight is 377 g/mol. The lowest BCUT2D eigenvalue weighted by Gasteiger charge is -2.28. The molecule has 0 aromatic heterocycles. The molecule has 0 spiro atoms. The Morgan fingerprint density at radius 3 is 2.61 bits per heavy atom. The molecule has 5 nitrogen and oxygen atoms in total. The average Bonchev–Trinajstić information content (AvgIpc) is 2.54. The van der Waals surface area contributed by atoms with E-state index in [0.29, 0.717) is 6.61 Å². The first-order valence-electron chi connectivity index (χ1n) is 7.14. The number of methoxy groups -OCH3 is 1. The maximum absolute atomic E-state index is 7.30. The normalized spacial score (nSPS) is 15.3. The molecule has 0 saturated carbocycles. The van der Waals surface area contributed by atoms with E-state index in [9.17, 15) is 0 Å². The summed E-state index contributed by atoms with van der Waals surface area (Å²) < 4.78 is 17.9. The maximum Gasteiger partial charge on any atom is 0.131 e. The highest BCUT2D eigenvalue weighted by Crippen LogP contribution is 2.46. The molecule has 0 bridgehead atoms. The van der Waals surface area contributed by atoms with Gasteiger partial charge in [0, 0.05) is 21.5 Å². The van der Waals surface area contributed by atoms with Gasteiger partial charge in [-0.25, -0.2) is 0 Å². The molecule has 23 heavy (non-hydrogen) atoms. The molecular formula is C17H17BrN2O3. The summed E-state index contributed by atoms with van der Waals surface area (Å²) in [4.78, 5) is 0. The number of fused-ring (bicyclic) bond motifs is 2. The third-order valence-corrected chi connectivity index (χ3v) is 4.19. The lowest BCUT2D eigenvalue weighted by molar-refractivity contribution is 0.159. The number of benzene rings is 2. The highest BCUT2D eigenvalue weighted by molar-refractivity contribution is 9.10. The largest absolute Gasteiger partial charge is 0.497 e. The number of ether oxygens (including phenoxy) is 3. The van der Waals surface area contributed by atoms with E-state index in [-0.39, 0.29) is 18.4 Å². The van der Waals surface area contributed by atoms with Gasteiger partial charge in [0.2, 0.25) is 0 Å². The molecule has 2 aromatic carbocycles. The molecule has 1 aliphatic heterocycles. The van der Waals surface area contributed by atoms with Crippen LogP contribution in [-0.4, -0.2) is 26.2 Å². The van der Waals surface area contributed by atoms with Crippen molar-refractivity contribution in [3.8, 4) is 17.2 Å². The minimum atomic E-state index is -0.0132. The Kier molecular flexibility index (Phi) is 4.54. The van der Waals surface area contributed by atoms with Crippen molar-refractivity contribution >= 4 is 21.8 Å². The summed E-state index contributed by atoms with van der Waals surface area (Å²) in [6.45, 7) is 0.520. The smallest absolute Gasteiger partial charge is 0.131 e. The molecule has 1 heterocycles. The van der Waals surface area contributed by atoms with Crippen LogP contribution in [0, 0.1) is 5.41 Å². The third kappa shape index (κ3) is 3.33. The van der Waals surface area contributed by atoms with Crippen molar-refractivity contribution < 1.29 is 14.2 Å². The van der Waals surface area contributed by atoms with Gasteiger partial charge < -0.3 is 19.9 Å². The first-order chi connectivity index (χ1) is 11.1. The summed E-state index contributed by atoms with van der Waals surface area (Å²) in [5.41, 5.74) is 7.40. The Morgan fingerprint density at radius 1 is 1.22 bits per heavy atom. The molecule has 1 aliphatic rings. The topological polar surface area (TPSA) is 77.6 Å². The van der Waals surface area contributed by atoms with Crippen molar-refractivity contribution in [2.45, 2.75) is 5.92 Å². The van der Waals surface area contributed by atoms with Crippen molar-refractivity contribution in [2.24, 2.45) is 5.73 Å². The monoisotopic (exact) mass is 376 g/mol. The molecule has 0 unspecified atom stereocenters. The molecule has 0 amide bonds. The van der Waals surface area contributed by atoms with E-state index >= 15 is 0 Å². The fraction of sp³-hybridized carbons (Fsp3) is 0.235. The molecule has 120 valence electrons. The molecule has 0 aliphatic carbocycles. The Labute approximate surface area is 143 Å². The first kappa shape index (κ1) is 15.8. The van der Waals surface area contributed by atoms with Gasteiger partial charge in [-0.3, -0.25) is 5.41 Å². The van der Waals surface area contributed by atoms with Gasteiger partial charge in [0.1, 0.15) is 29.7 Å². The van der Waals surface area contributed by atoms with E-state index in [1.54, 1.807) is 7.11 Å². The molecule has 0 radical (unpaired) electrons. The highest BCUT2D eigenvalue weighted by atomic mass is 79.9. The van der Waals surface area contributed by atoms with Gasteiger partial charge in [-0.2, -0.15) is 0 Å². The lowest BCUT2D eigenvalue weighted by Crippen LogP contribution is -2.21.